The van der Waals surface area contributed by atoms with Gasteiger partial charge in [-0.15, -0.1) is 0 Å². The molecule has 3 aromatic rings. The second-order valence-electron chi connectivity index (χ2n) is 5.57. The van der Waals surface area contributed by atoms with Crippen molar-refractivity contribution in [2.45, 2.75) is 25.0 Å². The van der Waals surface area contributed by atoms with E-state index in [4.69, 9.17) is 0 Å². The lowest BCUT2D eigenvalue weighted by molar-refractivity contribution is 0.00747. The first-order valence-electron chi connectivity index (χ1n) is 7.05. The Morgan fingerprint density at radius 2 is 1.60 bits per heavy atom. The fourth-order valence-corrected chi connectivity index (χ4v) is 3.38. The van der Waals surface area contributed by atoms with Gasteiger partial charge in [0.2, 0.25) is 0 Å². The van der Waals surface area contributed by atoms with Crippen LogP contribution < -0.4 is 0 Å². The van der Waals surface area contributed by atoms with E-state index < -0.39 is 12.2 Å². The number of fused-ring (bicyclic) bond motifs is 5. The van der Waals surface area contributed by atoms with Gasteiger partial charge in [0.05, 0.1) is 6.10 Å². The van der Waals surface area contributed by atoms with E-state index in [0.717, 1.165) is 28.3 Å². The summed E-state index contributed by atoms with van der Waals surface area (Å²) in [6, 6.07) is 16.7. The second-order valence-corrected chi connectivity index (χ2v) is 5.57. The monoisotopic (exact) mass is 264 g/mol. The van der Waals surface area contributed by atoms with E-state index in [2.05, 4.69) is 36.4 Å². The normalized spacial score (nSPS) is 22.1. The van der Waals surface area contributed by atoms with E-state index >= 15 is 0 Å². The van der Waals surface area contributed by atoms with Gasteiger partial charge < -0.3 is 10.2 Å². The van der Waals surface area contributed by atoms with Crippen molar-refractivity contribution < 1.29 is 10.2 Å². The van der Waals surface area contributed by atoms with Crippen LogP contribution in [-0.2, 0) is 6.42 Å². The number of aryl methyl sites for hydroxylation is 1. The molecule has 0 aliphatic heterocycles. The first-order chi connectivity index (χ1) is 9.75. The summed E-state index contributed by atoms with van der Waals surface area (Å²) in [5.74, 6) is 0. The molecule has 4 rings (SSSR count). The molecular formula is C18H16O2. The van der Waals surface area contributed by atoms with E-state index in [1.807, 2.05) is 12.1 Å². The molecule has 20 heavy (non-hydrogen) atoms. The molecule has 1 aliphatic carbocycles. The Hall–Kier alpha value is -1.90. The fourth-order valence-electron chi connectivity index (χ4n) is 3.38. The van der Waals surface area contributed by atoms with Crippen LogP contribution in [0.2, 0.25) is 0 Å². The van der Waals surface area contributed by atoms with Crippen molar-refractivity contribution in [3.8, 4) is 0 Å². The molecule has 0 aromatic heterocycles. The van der Waals surface area contributed by atoms with Gasteiger partial charge in [0, 0.05) is 0 Å². The lowest BCUT2D eigenvalue weighted by atomic mass is 9.83. The minimum absolute atomic E-state index is 0.632. The van der Waals surface area contributed by atoms with Crippen LogP contribution in [0.15, 0.2) is 48.5 Å². The largest absolute Gasteiger partial charge is 0.390 e. The highest BCUT2D eigenvalue weighted by Crippen LogP contribution is 2.37. The van der Waals surface area contributed by atoms with Crippen LogP contribution in [0.3, 0.4) is 0 Å². The SMILES string of the molecule is OC1CCc2ccc3c(ccc4ccccc43)c2C1O. The van der Waals surface area contributed by atoms with Gasteiger partial charge in [-0.25, -0.2) is 0 Å². The van der Waals surface area contributed by atoms with Crippen molar-refractivity contribution in [3.05, 3.63) is 59.7 Å². The van der Waals surface area contributed by atoms with Gasteiger partial charge in [-0.2, -0.15) is 0 Å². The molecule has 0 spiro atoms. The lowest BCUT2D eigenvalue weighted by Crippen LogP contribution is -2.25. The lowest BCUT2D eigenvalue weighted by Gasteiger charge is -2.28. The number of rotatable bonds is 0. The van der Waals surface area contributed by atoms with Gasteiger partial charge in [0.1, 0.15) is 6.10 Å². The third-order valence-corrected chi connectivity index (χ3v) is 4.43. The summed E-state index contributed by atoms with van der Waals surface area (Å²) in [5, 5.41) is 24.9. The van der Waals surface area contributed by atoms with Crippen molar-refractivity contribution >= 4 is 21.5 Å². The van der Waals surface area contributed by atoms with Crippen LogP contribution in [-0.4, -0.2) is 16.3 Å². The summed E-state index contributed by atoms with van der Waals surface area (Å²) in [6.45, 7) is 0. The van der Waals surface area contributed by atoms with Crippen molar-refractivity contribution in [2.24, 2.45) is 0 Å². The maximum absolute atomic E-state index is 10.3. The Morgan fingerprint density at radius 3 is 2.50 bits per heavy atom. The average molecular weight is 264 g/mol. The Labute approximate surface area is 117 Å². The van der Waals surface area contributed by atoms with E-state index in [9.17, 15) is 10.2 Å². The van der Waals surface area contributed by atoms with Gasteiger partial charge in [-0.3, -0.25) is 0 Å². The summed E-state index contributed by atoms with van der Waals surface area (Å²) in [7, 11) is 0. The van der Waals surface area contributed by atoms with Gasteiger partial charge in [-0.05, 0) is 45.5 Å². The van der Waals surface area contributed by atoms with Crippen molar-refractivity contribution in [3.63, 3.8) is 0 Å². The quantitative estimate of drug-likeness (QED) is 0.611. The zero-order valence-corrected chi connectivity index (χ0v) is 11.1. The van der Waals surface area contributed by atoms with Crippen LogP contribution in [0.1, 0.15) is 23.7 Å². The molecule has 0 fully saturated rings. The smallest absolute Gasteiger partial charge is 0.106 e. The van der Waals surface area contributed by atoms with E-state index in [0.29, 0.717) is 6.42 Å². The number of aliphatic hydroxyl groups is 2. The molecule has 2 N–H and O–H groups in total. The molecule has 1 aliphatic rings. The Morgan fingerprint density at radius 1 is 0.800 bits per heavy atom. The molecule has 0 saturated heterocycles. The Kier molecular flexibility index (Phi) is 2.56. The molecule has 0 bridgehead atoms. The number of benzene rings is 3. The van der Waals surface area contributed by atoms with Gasteiger partial charge in [0.25, 0.3) is 0 Å². The van der Waals surface area contributed by atoms with Crippen LogP contribution >= 0.6 is 0 Å². The van der Waals surface area contributed by atoms with Gasteiger partial charge in [0.15, 0.2) is 0 Å². The second kappa shape index (κ2) is 4.30. The number of hydrogen-bond donors (Lipinski definition) is 2. The van der Waals surface area contributed by atoms with Crippen molar-refractivity contribution in [1.82, 2.24) is 0 Å². The molecule has 2 heteroatoms. The van der Waals surface area contributed by atoms with Crippen molar-refractivity contribution in [2.75, 3.05) is 0 Å². The van der Waals surface area contributed by atoms with E-state index in [1.165, 1.54) is 10.8 Å². The van der Waals surface area contributed by atoms with Crippen LogP contribution in [0.4, 0.5) is 0 Å². The molecule has 0 heterocycles. The van der Waals surface area contributed by atoms with Crippen molar-refractivity contribution in [1.29, 1.82) is 0 Å². The maximum atomic E-state index is 10.3. The minimum Gasteiger partial charge on any atom is -0.390 e. The van der Waals surface area contributed by atoms with Crippen LogP contribution in [0, 0.1) is 0 Å². The summed E-state index contributed by atoms with van der Waals surface area (Å²) in [6.07, 6.45) is 0.0343. The topological polar surface area (TPSA) is 40.5 Å². The highest BCUT2D eigenvalue weighted by atomic mass is 16.3. The fraction of sp³-hybridized carbons (Fsp3) is 0.222. The molecule has 100 valence electrons. The summed E-state index contributed by atoms with van der Waals surface area (Å²) >= 11 is 0. The minimum atomic E-state index is -0.774. The zero-order valence-electron chi connectivity index (χ0n) is 11.1. The molecule has 3 aromatic carbocycles. The first-order valence-corrected chi connectivity index (χ1v) is 7.05. The molecule has 2 unspecified atom stereocenters. The number of aliphatic hydroxyl groups excluding tert-OH is 2. The molecule has 2 nitrogen and oxygen atoms in total. The average Bonchev–Trinajstić information content (AvgIpc) is 2.50. The molecule has 2 atom stereocenters. The van der Waals surface area contributed by atoms with E-state index in [1.54, 1.807) is 0 Å². The third kappa shape index (κ3) is 1.59. The van der Waals surface area contributed by atoms with Crippen LogP contribution in [0.5, 0.6) is 0 Å². The summed E-state index contributed by atoms with van der Waals surface area (Å²) in [4.78, 5) is 0. The number of hydrogen-bond acceptors (Lipinski definition) is 2. The molecular weight excluding hydrogens is 248 g/mol. The van der Waals surface area contributed by atoms with E-state index in [-0.39, 0.29) is 0 Å². The predicted molar refractivity (Wildman–Crippen MR) is 80.7 cm³/mol. The van der Waals surface area contributed by atoms with Crippen LogP contribution in [0.25, 0.3) is 21.5 Å². The molecule has 0 radical (unpaired) electrons. The first kappa shape index (κ1) is 11.9. The summed E-state index contributed by atoms with van der Waals surface area (Å²) in [5.41, 5.74) is 2.07. The Bertz CT molecular complexity index is 807. The predicted octanol–water partition coefficient (Wildman–Crippen LogP) is 3.33. The highest BCUT2D eigenvalue weighted by molar-refractivity contribution is 6.08. The summed E-state index contributed by atoms with van der Waals surface area (Å²) < 4.78 is 0. The zero-order chi connectivity index (χ0) is 13.7. The highest BCUT2D eigenvalue weighted by Gasteiger charge is 2.27. The third-order valence-electron chi connectivity index (χ3n) is 4.43. The molecule has 0 amide bonds. The van der Waals surface area contributed by atoms with Gasteiger partial charge in [-0.1, -0.05) is 48.5 Å². The Balaban J connectivity index is 2.12. The standard InChI is InChI=1S/C18H16O2/c19-16-10-7-12-6-8-14-13-4-2-1-3-11(13)5-9-15(14)17(12)18(16)20/h1-6,8-9,16,18-20H,7,10H2. The molecule has 0 saturated carbocycles. The van der Waals surface area contributed by atoms with Gasteiger partial charge >= 0.3 is 0 Å². The maximum Gasteiger partial charge on any atom is 0.106 e.